The molecule has 2 aliphatic rings. The van der Waals surface area contributed by atoms with Gasteiger partial charge in [-0.1, -0.05) is 164 Å². The van der Waals surface area contributed by atoms with Gasteiger partial charge in [-0.25, -0.2) is 12.2 Å². The van der Waals surface area contributed by atoms with E-state index in [-0.39, 0.29) is 24.8 Å². The van der Waals surface area contributed by atoms with Crippen molar-refractivity contribution in [3.05, 3.63) is 251 Å². The zero-order valence-corrected chi connectivity index (χ0v) is 42.3. The zero-order valence-electron chi connectivity index (χ0n) is 36.7. The molecule has 0 radical (unpaired) electrons. The summed E-state index contributed by atoms with van der Waals surface area (Å²) in [5.41, 5.74) is 14.3. The van der Waals surface area contributed by atoms with Crippen molar-refractivity contribution in [1.29, 1.82) is 0 Å². The molecule has 0 nitrogen and oxygen atoms in total. The predicted molar refractivity (Wildman–Crippen MR) is 281 cm³/mol. The van der Waals surface area contributed by atoms with Crippen LogP contribution in [0.5, 0.6) is 0 Å². The number of rotatable bonds is 5. The maximum absolute atomic E-state index is 5.58. The van der Waals surface area contributed by atoms with Crippen molar-refractivity contribution in [2.45, 2.75) is 46.0 Å². The molecule has 0 N–H and O–H groups in total. The van der Waals surface area contributed by atoms with Gasteiger partial charge in [-0.15, -0.1) is 42.4 Å². The molecule has 5 heteroatoms. The van der Waals surface area contributed by atoms with Crippen LogP contribution in [0.25, 0.3) is 43.8 Å². The van der Waals surface area contributed by atoms with Gasteiger partial charge in [0, 0.05) is 10.0 Å². The molecule has 64 heavy (non-hydrogen) atoms. The van der Waals surface area contributed by atoms with Crippen molar-refractivity contribution in [2.75, 3.05) is 0 Å². The molecule has 0 bridgehead atoms. The van der Waals surface area contributed by atoms with E-state index in [4.69, 9.17) is 23.2 Å². The Morgan fingerprint density at radius 2 is 1.19 bits per heavy atom. The summed E-state index contributed by atoms with van der Waals surface area (Å²) in [6, 6.07) is 59.1. The molecule has 1 atom stereocenters. The molecule has 0 amide bonds. The molecular formula is C59H54Cl4Zr-4. The Morgan fingerprint density at radius 3 is 1.73 bits per heavy atom. The number of fused-ring (bicyclic) bond motifs is 5. The van der Waals surface area contributed by atoms with E-state index in [1.807, 2.05) is 60.7 Å². The van der Waals surface area contributed by atoms with Crippen LogP contribution in [0.15, 0.2) is 176 Å². The van der Waals surface area contributed by atoms with Crippen molar-refractivity contribution in [2.24, 2.45) is 5.92 Å². The number of allylic oxidation sites excluding steroid dienone is 4. The third-order valence-electron chi connectivity index (χ3n) is 11.2. The van der Waals surface area contributed by atoms with E-state index >= 15 is 0 Å². The first-order chi connectivity index (χ1) is 30.1. The molecule has 0 aromatic heterocycles. The van der Waals surface area contributed by atoms with E-state index in [0.29, 0.717) is 11.8 Å². The summed E-state index contributed by atoms with van der Waals surface area (Å²) >= 11 is 12.5. The average molecular weight is 996 g/mol. The summed E-state index contributed by atoms with van der Waals surface area (Å²) in [4.78, 5) is 0. The molecule has 0 heterocycles. The molecule has 8 aromatic rings. The third kappa shape index (κ3) is 13.7. The fourth-order valence-corrected chi connectivity index (χ4v) is 8.27. The molecular weight excluding hydrogens is 942 g/mol. The van der Waals surface area contributed by atoms with E-state index in [9.17, 15) is 0 Å². The molecule has 326 valence electrons. The Kier molecular flexibility index (Phi) is 21.0. The van der Waals surface area contributed by atoms with E-state index in [2.05, 4.69) is 166 Å². The standard InChI is InChI=1S/C39H33.2C7H6Cl.C5H5.CH2.2ClH.Zr/c1-25(2)37(35-16-8-12-28-10-4-6-14-32(28)35)22-27-18-19-34-30(21-27)23-31-24-38(26(3)20-39(31)34)36-17-9-13-29-11-5-7-15-33(29)36;2*1-6-2-4-7(8)5-3-6;1-2-4-5-3-1;;;;/h4-20,24-25,37H,22-23H2,1-3H3;2*2-5H,1H2;1-3H,4H2;1H2;2*1H;/q4*-1;;;;. The Balaban J connectivity index is 0.000000293. The fourth-order valence-electron chi connectivity index (χ4n) is 8.01. The van der Waals surface area contributed by atoms with Gasteiger partial charge in [0.05, 0.1) is 0 Å². The van der Waals surface area contributed by atoms with Crippen molar-refractivity contribution in [1.82, 2.24) is 0 Å². The zero-order chi connectivity index (χ0) is 44.0. The summed E-state index contributed by atoms with van der Waals surface area (Å²) in [6.45, 7) is 14.4. The first-order valence-corrected chi connectivity index (χ1v) is 23.5. The van der Waals surface area contributed by atoms with Gasteiger partial charge in [-0.2, -0.15) is 79.1 Å². The summed E-state index contributed by atoms with van der Waals surface area (Å²) in [6.07, 6.45) is 12.0. The average Bonchev–Trinajstić information content (AvgIpc) is 4.00. The summed E-state index contributed by atoms with van der Waals surface area (Å²) < 4.78 is 3.34. The number of hydrogen-bond acceptors (Lipinski definition) is 0. The van der Waals surface area contributed by atoms with Crippen LogP contribution < -0.4 is 0 Å². The van der Waals surface area contributed by atoms with Crippen LogP contribution in [0.1, 0.15) is 65.1 Å². The van der Waals surface area contributed by atoms with Crippen LogP contribution in [-0.2, 0) is 37.1 Å². The van der Waals surface area contributed by atoms with E-state index in [1.165, 1.54) is 95.9 Å². The summed E-state index contributed by atoms with van der Waals surface area (Å²) in [5, 5.41) is 6.84. The molecule has 0 saturated carbocycles. The van der Waals surface area contributed by atoms with Gasteiger partial charge in [0.15, 0.2) is 0 Å². The quantitative estimate of drug-likeness (QED) is 0.151. The van der Waals surface area contributed by atoms with Crippen molar-refractivity contribution >= 4 is 73.8 Å². The molecule has 0 saturated heterocycles. The van der Waals surface area contributed by atoms with Gasteiger partial charge in [-0.3, -0.25) is 6.08 Å². The number of halogens is 4. The molecule has 1 unspecified atom stereocenters. The Bertz CT molecular complexity index is 2680. The number of hydrogen-bond donors (Lipinski definition) is 0. The predicted octanol–water partition coefficient (Wildman–Crippen LogP) is 17.5. The Labute approximate surface area is 419 Å². The van der Waals surface area contributed by atoms with Crippen LogP contribution in [-0.4, -0.2) is 4.21 Å². The molecule has 2 aliphatic carbocycles. The first-order valence-electron chi connectivity index (χ1n) is 21.0. The molecule has 0 fully saturated rings. The van der Waals surface area contributed by atoms with E-state index in [1.54, 1.807) is 0 Å². The topological polar surface area (TPSA) is 0 Å². The Hall–Kier alpha value is -4.59. The molecule has 10 rings (SSSR count). The van der Waals surface area contributed by atoms with Crippen LogP contribution in [0, 0.1) is 38.8 Å². The monoisotopic (exact) mass is 992 g/mol. The molecule has 0 spiro atoms. The second-order valence-electron chi connectivity index (χ2n) is 15.8. The fraction of sp³-hybridized carbons (Fsp3) is 0.136. The van der Waals surface area contributed by atoms with Crippen LogP contribution in [0.3, 0.4) is 0 Å². The van der Waals surface area contributed by atoms with Crippen LogP contribution >= 0.6 is 48.0 Å². The summed E-state index contributed by atoms with van der Waals surface area (Å²) in [7, 11) is 0. The van der Waals surface area contributed by atoms with Crippen LogP contribution in [0.4, 0.5) is 0 Å². The third-order valence-corrected chi connectivity index (χ3v) is 11.7. The molecule has 0 aliphatic heterocycles. The second-order valence-corrected chi connectivity index (χ2v) is 16.7. The van der Waals surface area contributed by atoms with Gasteiger partial charge in [-0.05, 0) is 81.0 Å². The van der Waals surface area contributed by atoms with Crippen molar-refractivity contribution in [3.8, 4) is 22.3 Å². The number of aryl methyl sites for hydroxylation is 1. The molecule has 8 aromatic carbocycles. The first kappa shape index (κ1) is 52.0. The maximum atomic E-state index is 5.58. The second kappa shape index (κ2) is 25.8. The van der Waals surface area contributed by atoms with Crippen molar-refractivity contribution in [3.63, 3.8) is 0 Å². The van der Waals surface area contributed by atoms with Gasteiger partial charge in [0.25, 0.3) is 0 Å². The minimum absolute atomic E-state index is 0. The van der Waals surface area contributed by atoms with E-state index < -0.39 is 0 Å². The van der Waals surface area contributed by atoms with Crippen molar-refractivity contribution < 1.29 is 24.2 Å². The van der Waals surface area contributed by atoms with Gasteiger partial charge < -0.3 is 0 Å². The van der Waals surface area contributed by atoms with Gasteiger partial charge >= 0.3 is 28.4 Å². The SMILES string of the molecule is Cc1cc2c(cc1-c1cccc3ccccc13)Cc1[c-]c(CC(c3cccc4ccccc34)C(C)C)ccc1-2.Cl.Cl.[C-]1=CC=CC1.[CH2-]c1ccc(Cl)cc1.[CH2-]c1ccc(Cl)cc1.[CH2]=[Zr]. The van der Waals surface area contributed by atoms with Crippen LogP contribution in [0.2, 0.25) is 10.0 Å². The number of benzene rings is 8. The van der Waals surface area contributed by atoms with E-state index in [0.717, 1.165) is 40.4 Å². The summed E-state index contributed by atoms with van der Waals surface area (Å²) in [5.74, 6) is 0.995. The normalized spacial score (nSPS) is 11.7. The Morgan fingerprint density at radius 1 is 0.625 bits per heavy atom. The van der Waals surface area contributed by atoms with Gasteiger partial charge in [0.2, 0.25) is 0 Å². The minimum atomic E-state index is 0. The van der Waals surface area contributed by atoms with Gasteiger partial charge in [0.1, 0.15) is 0 Å².